The molecular weight excluding hydrogens is 353 g/mol. The summed E-state index contributed by atoms with van der Waals surface area (Å²) in [6.45, 7) is 0. The van der Waals surface area contributed by atoms with Crippen molar-refractivity contribution in [2.45, 2.75) is 0 Å². The van der Waals surface area contributed by atoms with E-state index in [0.717, 1.165) is 13.8 Å². The molecule has 5 nitrogen and oxygen atoms in total. The highest BCUT2D eigenvalue weighted by Gasteiger charge is 2.15. The fourth-order valence-corrected chi connectivity index (χ4v) is 2.98. The molecule has 2 aromatic heterocycles. The minimum absolute atomic E-state index is 0.103. The minimum Gasteiger partial charge on any atom is -0.241 e. The molecule has 0 aromatic carbocycles. The van der Waals surface area contributed by atoms with Gasteiger partial charge in [-0.15, -0.1) is 0 Å². The topological polar surface area (TPSA) is 64.8 Å². The van der Waals surface area contributed by atoms with E-state index in [-0.39, 0.29) is 5.28 Å². The van der Waals surface area contributed by atoms with E-state index in [1.165, 1.54) is 12.4 Å². The van der Waals surface area contributed by atoms with Crippen LogP contribution in [0, 0.1) is 3.57 Å². The lowest BCUT2D eigenvalue weighted by Gasteiger charge is -1.99. The van der Waals surface area contributed by atoms with E-state index in [9.17, 15) is 8.42 Å². The third-order valence-corrected chi connectivity index (χ3v) is 3.78. The van der Waals surface area contributed by atoms with Gasteiger partial charge < -0.3 is 0 Å². The Morgan fingerprint density at radius 3 is 2.80 bits per heavy atom. The Labute approximate surface area is 105 Å². The maximum absolute atomic E-state index is 11.4. The second-order valence-corrected chi connectivity index (χ2v) is 6.27. The third kappa shape index (κ3) is 1.95. The van der Waals surface area contributed by atoms with Crippen LogP contribution >= 0.6 is 34.2 Å². The zero-order valence-electron chi connectivity index (χ0n) is 7.48. The molecule has 0 atom stereocenters. The highest BCUT2D eigenvalue weighted by molar-refractivity contribution is 14.1. The molecule has 0 radical (unpaired) electrons. The molecule has 0 saturated carbocycles. The Kier molecular flexibility index (Phi) is 2.63. The molecule has 8 heteroatoms. The minimum atomic E-state index is -3.33. The smallest absolute Gasteiger partial charge is 0.236 e. The average molecular weight is 358 g/mol. The summed E-state index contributed by atoms with van der Waals surface area (Å²) in [5.74, 6) is 0. The van der Waals surface area contributed by atoms with Gasteiger partial charge in [-0.3, -0.25) is 0 Å². The molecule has 0 saturated heterocycles. The molecule has 2 rings (SSSR count). The zero-order valence-corrected chi connectivity index (χ0v) is 11.2. The first-order valence-corrected chi connectivity index (χ1v) is 7.10. The SMILES string of the molecule is CS(=O)(=O)n1cc(I)c2nc(Cl)ncc21. The van der Waals surface area contributed by atoms with Crippen LogP contribution in [0.5, 0.6) is 0 Å². The van der Waals surface area contributed by atoms with Crippen molar-refractivity contribution in [3.8, 4) is 0 Å². The lowest BCUT2D eigenvalue weighted by atomic mass is 10.5. The molecule has 0 bridgehead atoms. The van der Waals surface area contributed by atoms with Crippen molar-refractivity contribution in [2.24, 2.45) is 0 Å². The number of aromatic nitrogens is 3. The first kappa shape index (κ1) is 11.1. The molecule has 0 aliphatic heterocycles. The van der Waals surface area contributed by atoms with Gasteiger partial charge in [0.15, 0.2) is 0 Å². The molecule has 0 fully saturated rings. The lowest BCUT2D eigenvalue weighted by molar-refractivity contribution is 0.595. The maximum atomic E-state index is 11.4. The molecule has 2 heterocycles. The van der Waals surface area contributed by atoms with Crippen LogP contribution in [0.3, 0.4) is 0 Å². The van der Waals surface area contributed by atoms with E-state index in [1.54, 1.807) is 0 Å². The summed E-state index contributed by atoms with van der Waals surface area (Å²) in [4.78, 5) is 7.73. The second kappa shape index (κ2) is 3.56. The first-order chi connectivity index (χ1) is 6.89. The van der Waals surface area contributed by atoms with Crippen molar-refractivity contribution in [3.63, 3.8) is 0 Å². The predicted molar refractivity (Wildman–Crippen MR) is 65.5 cm³/mol. The van der Waals surface area contributed by atoms with Crippen LogP contribution in [0.1, 0.15) is 0 Å². The fourth-order valence-electron chi connectivity index (χ4n) is 1.20. The van der Waals surface area contributed by atoms with Crippen molar-refractivity contribution in [2.75, 3.05) is 6.26 Å². The van der Waals surface area contributed by atoms with Gasteiger partial charge in [-0.2, -0.15) is 0 Å². The molecule has 2 aromatic rings. The molecule has 0 N–H and O–H groups in total. The molecule has 15 heavy (non-hydrogen) atoms. The van der Waals surface area contributed by atoms with Gasteiger partial charge in [0.25, 0.3) is 0 Å². The van der Waals surface area contributed by atoms with Gasteiger partial charge in [0.1, 0.15) is 11.0 Å². The van der Waals surface area contributed by atoms with Gasteiger partial charge in [0.2, 0.25) is 15.3 Å². The van der Waals surface area contributed by atoms with E-state index in [4.69, 9.17) is 11.6 Å². The Bertz CT molecular complexity index is 637. The molecule has 0 aliphatic carbocycles. The monoisotopic (exact) mass is 357 g/mol. The molecule has 80 valence electrons. The van der Waals surface area contributed by atoms with Gasteiger partial charge >= 0.3 is 0 Å². The summed E-state index contributed by atoms with van der Waals surface area (Å²) in [6, 6.07) is 0. The third-order valence-electron chi connectivity index (χ3n) is 1.79. The predicted octanol–water partition coefficient (Wildman–Crippen LogP) is 1.50. The van der Waals surface area contributed by atoms with Crippen molar-refractivity contribution in [3.05, 3.63) is 21.2 Å². The number of fused-ring (bicyclic) bond motifs is 1. The lowest BCUT2D eigenvalue weighted by Crippen LogP contribution is -2.08. The number of rotatable bonds is 1. The molecule has 0 unspecified atom stereocenters. The van der Waals surface area contributed by atoms with Gasteiger partial charge in [0, 0.05) is 6.20 Å². The average Bonchev–Trinajstić information content (AvgIpc) is 2.43. The van der Waals surface area contributed by atoms with Crippen molar-refractivity contribution >= 4 is 55.2 Å². The molecular formula is C7H5ClIN3O2S. The van der Waals surface area contributed by atoms with Crippen molar-refractivity contribution < 1.29 is 8.42 Å². The van der Waals surface area contributed by atoms with Crippen LogP contribution in [0.25, 0.3) is 11.0 Å². The standard InChI is InChI=1S/C7H5ClIN3O2S/c1-15(13,14)12-3-4(9)6-5(12)2-10-7(8)11-6/h2-3H,1H3. The summed E-state index contributed by atoms with van der Waals surface area (Å²) >= 11 is 7.63. The number of hydrogen-bond donors (Lipinski definition) is 0. The van der Waals surface area contributed by atoms with E-state index < -0.39 is 10.0 Å². The van der Waals surface area contributed by atoms with Crippen LogP contribution in [0.4, 0.5) is 0 Å². The Morgan fingerprint density at radius 1 is 1.53 bits per heavy atom. The van der Waals surface area contributed by atoms with Gasteiger partial charge in [-0.05, 0) is 34.2 Å². The maximum Gasteiger partial charge on any atom is 0.236 e. The Morgan fingerprint density at radius 2 is 2.20 bits per heavy atom. The van der Waals surface area contributed by atoms with Gasteiger partial charge in [-0.1, -0.05) is 0 Å². The van der Waals surface area contributed by atoms with Crippen LogP contribution < -0.4 is 0 Å². The fraction of sp³-hybridized carbons (Fsp3) is 0.143. The second-order valence-electron chi connectivity index (χ2n) is 2.91. The Hall–Kier alpha value is -0.410. The van der Waals surface area contributed by atoms with E-state index in [1.807, 2.05) is 22.6 Å². The highest BCUT2D eigenvalue weighted by atomic mass is 127. The van der Waals surface area contributed by atoms with E-state index in [0.29, 0.717) is 11.0 Å². The molecule has 0 spiro atoms. The van der Waals surface area contributed by atoms with Gasteiger partial charge in [-0.25, -0.2) is 22.4 Å². The normalized spacial score (nSPS) is 12.2. The first-order valence-electron chi connectivity index (χ1n) is 3.79. The van der Waals surface area contributed by atoms with E-state index in [2.05, 4.69) is 9.97 Å². The van der Waals surface area contributed by atoms with Crippen LogP contribution in [0.2, 0.25) is 5.28 Å². The van der Waals surface area contributed by atoms with Crippen LogP contribution in [-0.4, -0.2) is 28.6 Å². The summed E-state index contributed by atoms with van der Waals surface area (Å²) in [5, 5.41) is 0.103. The van der Waals surface area contributed by atoms with Crippen LogP contribution in [-0.2, 0) is 10.0 Å². The largest absolute Gasteiger partial charge is 0.241 e. The molecule has 0 amide bonds. The number of hydrogen-bond acceptors (Lipinski definition) is 4. The quantitative estimate of drug-likeness (QED) is 0.573. The summed E-state index contributed by atoms with van der Waals surface area (Å²) in [5.41, 5.74) is 0.979. The summed E-state index contributed by atoms with van der Waals surface area (Å²) in [7, 11) is -3.33. The number of nitrogens with zero attached hydrogens (tertiary/aromatic N) is 3. The van der Waals surface area contributed by atoms with Crippen LogP contribution in [0.15, 0.2) is 12.4 Å². The van der Waals surface area contributed by atoms with Crippen molar-refractivity contribution in [1.29, 1.82) is 0 Å². The highest BCUT2D eigenvalue weighted by Crippen LogP contribution is 2.22. The number of halogens is 2. The van der Waals surface area contributed by atoms with Crippen molar-refractivity contribution in [1.82, 2.24) is 13.9 Å². The molecule has 0 aliphatic rings. The Balaban J connectivity index is 2.92. The summed E-state index contributed by atoms with van der Waals surface area (Å²) in [6.07, 6.45) is 4.01. The van der Waals surface area contributed by atoms with E-state index >= 15 is 0 Å². The van der Waals surface area contributed by atoms with Gasteiger partial charge in [0.05, 0.1) is 16.0 Å². The summed E-state index contributed by atoms with van der Waals surface area (Å²) < 4.78 is 24.7. The zero-order chi connectivity index (χ0) is 11.2.